The molecule has 0 bridgehead atoms. The Hall–Kier alpha value is -1.33. The highest BCUT2D eigenvalue weighted by atomic mass is 35.5. The smallest absolute Gasteiger partial charge is 0.294 e. The lowest BCUT2D eigenvalue weighted by Crippen LogP contribution is -2.44. The molecule has 0 spiro atoms. The highest BCUT2D eigenvalue weighted by molar-refractivity contribution is 6.30. The zero-order chi connectivity index (χ0) is 15.2. The van der Waals surface area contributed by atoms with Gasteiger partial charge < -0.3 is 10.2 Å². The fraction of sp³-hybridized carbons (Fsp3) is 0.600. The summed E-state index contributed by atoms with van der Waals surface area (Å²) in [7, 11) is 0. The van der Waals surface area contributed by atoms with Crippen LogP contribution < -0.4 is 10.2 Å². The number of benzene rings is 1. The second-order valence-electron chi connectivity index (χ2n) is 5.48. The van der Waals surface area contributed by atoms with Gasteiger partial charge in [0.25, 0.3) is 5.69 Å². The summed E-state index contributed by atoms with van der Waals surface area (Å²) in [5, 5.41) is 15.2. The van der Waals surface area contributed by atoms with Crippen LogP contribution in [-0.4, -0.2) is 30.6 Å². The summed E-state index contributed by atoms with van der Waals surface area (Å²) in [5.74, 6) is 0. The molecule has 1 atom stereocenters. The SMILES string of the molecule is CCCN(CC1CCCCN1)c1ccc(Cl)cc1[N+](=O)[O-]. The van der Waals surface area contributed by atoms with Gasteiger partial charge in [-0.25, -0.2) is 0 Å². The van der Waals surface area contributed by atoms with E-state index in [9.17, 15) is 10.1 Å². The van der Waals surface area contributed by atoms with E-state index in [1.54, 1.807) is 12.1 Å². The van der Waals surface area contributed by atoms with Gasteiger partial charge in [-0.05, 0) is 37.9 Å². The molecule has 2 rings (SSSR count). The number of hydrogen-bond acceptors (Lipinski definition) is 4. The molecule has 1 aromatic carbocycles. The second-order valence-corrected chi connectivity index (χ2v) is 5.92. The van der Waals surface area contributed by atoms with Crippen LogP contribution >= 0.6 is 11.6 Å². The molecule has 0 saturated carbocycles. The number of nitro groups is 1. The van der Waals surface area contributed by atoms with E-state index < -0.39 is 0 Å². The van der Waals surface area contributed by atoms with E-state index in [0.29, 0.717) is 16.8 Å². The fourth-order valence-corrected chi connectivity index (χ4v) is 3.00. The Labute approximate surface area is 130 Å². The molecule has 1 saturated heterocycles. The van der Waals surface area contributed by atoms with Crippen molar-refractivity contribution >= 4 is 23.0 Å². The number of piperidine rings is 1. The van der Waals surface area contributed by atoms with Gasteiger partial charge in [-0.3, -0.25) is 10.1 Å². The molecular weight excluding hydrogens is 290 g/mol. The molecule has 0 amide bonds. The Morgan fingerprint density at radius 3 is 2.90 bits per heavy atom. The molecule has 0 aliphatic carbocycles. The van der Waals surface area contributed by atoms with Crippen LogP contribution in [0.25, 0.3) is 0 Å². The summed E-state index contributed by atoms with van der Waals surface area (Å²) < 4.78 is 0. The van der Waals surface area contributed by atoms with Gasteiger partial charge in [0, 0.05) is 30.2 Å². The maximum absolute atomic E-state index is 11.3. The summed E-state index contributed by atoms with van der Waals surface area (Å²) in [4.78, 5) is 13.0. The minimum Gasteiger partial charge on any atom is -0.364 e. The first-order valence-corrected chi connectivity index (χ1v) is 7.92. The third-order valence-corrected chi connectivity index (χ3v) is 4.06. The average molecular weight is 312 g/mol. The third-order valence-electron chi connectivity index (χ3n) is 3.82. The van der Waals surface area contributed by atoms with Gasteiger partial charge in [0.2, 0.25) is 0 Å². The molecular formula is C15H22ClN3O2. The Balaban J connectivity index is 2.22. The van der Waals surface area contributed by atoms with Crippen LogP contribution in [0.15, 0.2) is 18.2 Å². The van der Waals surface area contributed by atoms with Crippen molar-refractivity contribution in [2.24, 2.45) is 0 Å². The number of nitrogens with zero attached hydrogens (tertiary/aromatic N) is 2. The third kappa shape index (κ3) is 4.32. The van der Waals surface area contributed by atoms with Crippen LogP contribution in [-0.2, 0) is 0 Å². The van der Waals surface area contributed by atoms with Gasteiger partial charge >= 0.3 is 0 Å². The van der Waals surface area contributed by atoms with Gasteiger partial charge in [-0.1, -0.05) is 24.9 Å². The summed E-state index contributed by atoms with van der Waals surface area (Å²) in [6.45, 7) is 4.73. The normalized spacial score (nSPS) is 18.5. The van der Waals surface area contributed by atoms with Crippen LogP contribution in [0.5, 0.6) is 0 Å². The molecule has 116 valence electrons. The van der Waals surface area contributed by atoms with Crippen molar-refractivity contribution in [1.82, 2.24) is 5.32 Å². The monoisotopic (exact) mass is 311 g/mol. The standard InChI is InChI=1S/C15H22ClN3O2/c1-2-9-18(11-13-5-3-4-8-17-13)14-7-6-12(16)10-15(14)19(20)21/h6-7,10,13,17H,2-5,8-9,11H2,1H3. The van der Waals surface area contributed by atoms with Crippen LogP contribution in [0.1, 0.15) is 32.6 Å². The summed E-state index contributed by atoms with van der Waals surface area (Å²) in [6, 6.07) is 5.33. The minimum atomic E-state index is -0.349. The Kier molecular flexibility index (Phi) is 5.82. The molecule has 1 heterocycles. The van der Waals surface area contributed by atoms with Crippen LogP contribution in [0, 0.1) is 10.1 Å². The van der Waals surface area contributed by atoms with E-state index in [1.807, 2.05) is 0 Å². The molecule has 1 fully saturated rings. The zero-order valence-electron chi connectivity index (χ0n) is 12.3. The van der Waals surface area contributed by atoms with Gasteiger partial charge in [0.1, 0.15) is 5.69 Å². The quantitative estimate of drug-likeness (QED) is 0.644. The summed E-state index contributed by atoms with van der Waals surface area (Å²) in [5.41, 5.74) is 0.755. The zero-order valence-corrected chi connectivity index (χ0v) is 13.1. The lowest BCUT2D eigenvalue weighted by molar-refractivity contribution is -0.384. The minimum absolute atomic E-state index is 0.0896. The van der Waals surface area contributed by atoms with E-state index in [-0.39, 0.29) is 10.6 Å². The molecule has 0 aromatic heterocycles. The van der Waals surface area contributed by atoms with Gasteiger partial charge in [0.05, 0.1) is 4.92 Å². The van der Waals surface area contributed by atoms with Crippen molar-refractivity contribution in [1.29, 1.82) is 0 Å². The lowest BCUT2D eigenvalue weighted by atomic mass is 10.0. The topological polar surface area (TPSA) is 58.4 Å². The first-order valence-electron chi connectivity index (χ1n) is 7.54. The number of nitrogens with one attached hydrogen (secondary N) is 1. The van der Waals surface area contributed by atoms with Crippen molar-refractivity contribution in [3.63, 3.8) is 0 Å². The molecule has 1 unspecified atom stereocenters. The number of hydrogen-bond donors (Lipinski definition) is 1. The Morgan fingerprint density at radius 2 is 2.29 bits per heavy atom. The molecule has 5 nitrogen and oxygen atoms in total. The molecule has 0 radical (unpaired) electrons. The molecule has 1 aliphatic rings. The number of halogens is 1. The van der Waals surface area contributed by atoms with Gasteiger partial charge in [0.15, 0.2) is 0 Å². The Bertz CT molecular complexity index is 490. The van der Waals surface area contributed by atoms with Gasteiger partial charge in [-0.15, -0.1) is 0 Å². The highest BCUT2D eigenvalue weighted by Gasteiger charge is 2.23. The molecule has 6 heteroatoms. The van der Waals surface area contributed by atoms with E-state index in [1.165, 1.54) is 18.9 Å². The van der Waals surface area contributed by atoms with Crippen molar-refractivity contribution < 1.29 is 4.92 Å². The van der Waals surface area contributed by atoms with E-state index in [2.05, 4.69) is 17.1 Å². The molecule has 21 heavy (non-hydrogen) atoms. The van der Waals surface area contributed by atoms with Crippen LogP contribution in [0.2, 0.25) is 5.02 Å². The van der Waals surface area contributed by atoms with Gasteiger partial charge in [-0.2, -0.15) is 0 Å². The predicted molar refractivity (Wildman–Crippen MR) is 86.3 cm³/mol. The maximum Gasteiger partial charge on any atom is 0.294 e. The fourth-order valence-electron chi connectivity index (χ4n) is 2.84. The first kappa shape index (κ1) is 16.0. The average Bonchev–Trinajstić information content (AvgIpc) is 2.48. The largest absolute Gasteiger partial charge is 0.364 e. The molecule has 1 N–H and O–H groups in total. The van der Waals surface area contributed by atoms with E-state index in [0.717, 1.165) is 32.5 Å². The van der Waals surface area contributed by atoms with E-state index >= 15 is 0 Å². The van der Waals surface area contributed by atoms with E-state index in [4.69, 9.17) is 11.6 Å². The van der Waals surface area contributed by atoms with Crippen molar-refractivity contribution in [3.05, 3.63) is 33.3 Å². The first-order chi connectivity index (χ1) is 10.1. The van der Waals surface area contributed by atoms with Crippen LogP contribution in [0.3, 0.4) is 0 Å². The highest BCUT2D eigenvalue weighted by Crippen LogP contribution is 2.31. The summed E-state index contributed by atoms with van der Waals surface area (Å²) >= 11 is 5.90. The predicted octanol–water partition coefficient (Wildman–Crippen LogP) is 3.61. The van der Waals surface area contributed by atoms with Crippen molar-refractivity contribution in [2.75, 3.05) is 24.5 Å². The maximum atomic E-state index is 11.3. The second kappa shape index (κ2) is 7.61. The number of nitro benzene ring substituents is 1. The van der Waals surface area contributed by atoms with Crippen molar-refractivity contribution in [2.45, 2.75) is 38.6 Å². The molecule has 1 aliphatic heterocycles. The van der Waals surface area contributed by atoms with Crippen molar-refractivity contribution in [3.8, 4) is 0 Å². The molecule has 1 aromatic rings. The Morgan fingerprint density at radius 1 is 1.48 bits per heavy atom. The number of anilines is 1. The summed E-state index contributed by atoms with van der Waals surface area (Å²) in [6.07, 6.45) is 4.51. The number of rotatable bonds is 6. The van der Waals surface area contributed by atoms with Crippen LogP contribution in [0.4, 0.5) is 11.4 Å². The lowest BCUT2D eigenvalue weighted by Gasteiger charge is -2.31.